The topological polar surface area (TPSA) is 85.9 Å². The van der Waals surface area contributed by atoms with Crippen LogP contribution in [0.4, 0.5) is 0 Å². The van der Waals surface area contributed by atoms with Crippen molar-refractivity contribution in [2.45, 2.75) is 26.3 Å². The molecule has 0 bridgehead atoms. The molecule has 7 heteroatoms. The van der Waals surface area contributed by atoms with E-state index in [1.807, 2.05) is 63.2 Å². The van der Waals surface area contributed by atoms with E-state index in [1.165, 1.54) is 0 Å². The Morgan fingerprint density at radius 3 is 2.65 bits per heavy atom. The second-order valence-corrected chi connectivity index (χ2v) is 8.88. The number of likely N-dealkylation sites (N-methyl/N-ethyl adjacent to an activating group) is 1. The van der Waals surface area contributed by atoms with Gasteiger partial charge in [0.15, 0.2) is 0 Å². The molecule has 4 rings (SSSR count). The van der Waals surface area contributed by atoms with Crippen LogP contribution in [0.25, 0.3) is 16.7 Å². The number of amides is 1. The van der Waals surface area contributed by atoms with Crippen LogP contribution in [0.1, 0.15) is 36.2 Å². The van der Waals surface area contributed by atoms with Crippen LogP contribution >= 0.6 is 0 Å². The number of hydrogen-bond acceptors (Lipinski definition) is 5. The van der Waals surface area contributed by atoms with Gasteiger partial charge in [-0.25, -0.2) is 0 Å². The number of fused-ring (bicyclic) bond motifs is 1. The van der Waals surface area contributed by atoms with Gasteiger partial charge in [-0.05, 0) is 45.6 Å². The zero-order valence-corrected chi connectivity index (χ0v) is 20.1. The van der Waals surface area contributed by atoms with Crippen LogP contribution in [0.5, 0.6) is 5.75 Å². The van der Waals surface area contributed by atoms with Crippen LogP contribution in [0, 0.1) is 6.92 Å². The molecule has 1 aliphatic heterocycles. The lowest BCUT2D eigenvalue weighted by Crippen LogP contribution is -2.35. The van der Waals surface area contributed by atoms with Gasteiger partial charge in [0.25, 0.3) is 11.7 Å². The number of H-pyrrole nitrogens is 1. The second kappa shape index (κ2) is 9.73. The number of carbonyl (C=O) groups is 2. The first-order valence-electron chi connectivity index (χ1n) is 11.6. The van der Waals surface area contributed by atoms with E-state index in [1.54, 1.807) is 23.1 Å². The van der Waals surface area contributed by atoms with Crippen molar-refractivity contribution in [1.29, 1.82) is 0 Å². The van der Waals surface area contributed by atoms with Crippen molar-refractivity contribution in [3.05, 3.63) is 70.9 Å². The van der Waals surface area contributed by atoms with E-state index < -0.39 is 17.7 Å². The number of likely N-dealkylation sites (tertiary alicyclic amines) is 1. The van der Waals surface area contributed by atoms with Gasteiger partial charge in [-0.15, -0.1) is 0 Å². The van der Waals surface area contributed by atoms with Crippen LogP contribution in [-0.4, -0.2) is 65.4 Å². The highest BCUT2D eigenvalue weighted by atomic mass is 16.5. The van der Waals surface area contributed by atoms with Gasteiger partial charge in [0.05, 0.1) is 18.2 Å². The number of aliphatic hydroxyl groups is 1. The van der Waals surface area contributed by atoms with E-state index in [0.29, 0.717) is 31.0 Å². The van der Waals surface area contributed by atoms with Crippen LogP contribution in [0.2, 0.25) is 0 Å². The third-order valence-electron chi connectivity index (χ3n) is 6.13. The molecule has 1 aliphatic rings. The van der Waals surface area contributed by atoms with Crippen molar-refractivity contribution >= 4 is 28.4 Å². The first-order valence-corrected chi connectivity index (χ1v) is 11.6. The summed E-state index contributed by atoms with van der Waals surface area (Å²) in [5.41, 5.74) is 3.15. The van der Waals surface area contributed by atoms with Gasteiger partial charge >= 0.3 is 0 Å². The predicted molar refractivity (Wildman–Crippen MR) is 133 cm³/mol. The Bertz CT molecular complexity index is 1260. The first-order chi connectivity index (χ1) is 16.3. The third-order valence-corrected chi connectivity index (χ3v) is 6.13. The molecule has 1 unspecified atom stereocenters. The Balaban J connectivity index is 1.90. The number of aliphatic hydroxyl groups excluding tert-OH is 1. The average Bonchev–Trinajstić information content (AvgIpc) is 3.28. The normalized spacial score (nSPS) is 17.8. The van der Waals surface area contributed by atoms with Crippen molar-refractivity contribution in [3.63, 3.8) is 0 Å². The minimum absolute atomic E-state index is 0.101. The SMILES string of the molecule is CCCOc1cccc(/C(O)=C2\C(=O)C(=O)N(CCN(C)C)C2c2c(C)[nH]c3ccccc23)c1. The van der Waals surface area contributed by atoms with Crippen molar-refractivity contribution < 1.29 is 19.4 Å². The summed E-state index contributed by atoms with van der Waals surface area (Å²) in [4.78, 5) is 33.4. The van der Waals surface area contributed by atoms with Crippen molar-refractivity contribution in [2.75, 3.05) is 33.8 Å². The number of rotatable bonds is 8. The quantitative estimate of drug-likeness (QED) is 0.298. The molecular formula is C27H31N3O4. The summed E-state index contributed by atoms with van der Waals surface area (Å²) in [5, 5.41) is 12.3. The third kappa shape index (κ3) is 4.31. The molecule has 0 spiro atoms. The molecule has 1 saturated heterocycles. The van der Waals surface area contributed by atoms with E-state index in [9.17, 15) is 14.7 Å². The highest BCUT2D eigenvalue weighted by Crippen LogP contribution is 2.43. The first kappa shape index (κ1) is 23.6. The number of aromatic nitrogens is 1. The fourth-order valence-electron chi connectivity index (χ4n) is 4.48. The summed E-state index contributed by atoms with van der Waals surface area (Å²) in [5.74, 6) is -0.864. The van der Waals surface area contributed by atoms with E-state index in [-0.39, 0.29) is 11.3 Å². The number of para-hydroxylation sites is 1. The summed E-state index contributed by atoms with van der Waals surface area (Å²) in [7, 11) is 3.84. The maximum absolute atomic E-state index is 13.3. The maximum Gasteiger partial charge on any atom is 0.295 e. The highest BCUT2D eigenvalue weighted by Gasteiger charge is 2.47. The minimum Gasteiger partial charge on any atom is -0.507 e. The number of ketones is 1. The standard InChI is InChI=1S/C27H31N3O4/c1-5-15-34-19-10-8-9-18(16-19)25(31)23-24(30(14-13-29(3)4)27(33)26(23)32)22-17(2)28-21-12-7-6-11-20(21)22/h6-12,16,24,28,31H,5,13-15H2,1-4H3/b25-23+. The van der Waals surface area contributed by atoms with Crippen LogP contribution in [-0.2, 0) is 9.59 Å². The summed E-state index contributed by atoms with van der Waals surface area (Å²) in [6, 6.07) is 14.1. The molecule has 3 aromatic rings. The highest BCUT2D eigenvalue weighted by molar-refractivity contribution is 6.46. The zero-order valence-electron chi connectivity index (χ0n) is 20.1. The number of aromatic amines is 1. The fourth-order valence-corrected chi connectivity index (χ4v) is 4.48. The Morgan fingerprint density at radius 1 is 1.15 bits per heavy atom. The molecule has 178 valence electrons. The summed E-state index contributed by atoms with van der Waals surface area (Å²) >= 11 is 0. The van der Waals surface area contributed by atoms with Gasteiger partial charge in [0.1, 0.15) is 11.5 Å². The Morgan fingerprint density at radius 2 is 1.91 bits per heavy atom. The van der Waals surface area contributed by atoms with Crippen molar-refractivity contribution in [3.8, 4) is 5.75 Å². The van der Waals surface area contributed by atoms with Gasteiger partial charge in [0.2, 0.25) is 0 Å². The van der Waals surface area contributed by atoms with E-state index >= 15 is 0 Å². The number of aryl methyl sites for hydroxylation is 1. The molecule has 1 fully saturated rings. The molecule has 1 atom stereocenters. The largest absolute Gasteiger partial charge is 0.507 e. The number of hydrogen-bond donors (Lipinski definition) is 2. The number of carbonyl (C=O) groups excluding carboxylic acids is 2. The monoisotopic (exact) mass is 461 g/mol. The Kier molecular flexibility index (Phi) is 6.75. The molecule has 2 heterocycles. The number of Topliss-reactive ketones (excluding diaryl/α,β-unsaturated/α-hetero) is 1. The molecule has 0 saturated carbocycles. The average molecular weight is 462 g/mol. The number of ether oxygens (including phenoxy) is 1. The second-order valence-electron chi connectivity index (χ2n) is 8.88. The number of benzene rings is 2. The molecule has 1 aromatic heterocycles. The molecular weight excluding hydrogens is 430 g/mol. The van der Waals surface area contributed by atoms with E-state index in [2.05, 4.69) is 4.98 Å². The Labute approximate surface area is 199 Å². The van der Waals surface area contributed by atoms with Gasteiger partial charge in [-0.2, -0.15) is 0 Å². The molecule has 7 nitrogen and oxygen atoms in total. The lowest BCUT2D eigenvalue weighted by molar-refractivity contribution is -0.140. The van der Waals surface area contributed by atoms with Crippen LogP contribution in [0.3, 0.4) is 0 Å². The van der Waals surface area contributed by atoms with E-state index in [0.717, 1.165) is 28.6 Å². The van der Waals surface area contributed by atoms with Gasteiger partial charge in [-0.3, -0.25) is 9.59 Å². The smallest absolute Gasteiger partial charge is 0.295 e. The fraction of sp³-hybridized carbons (Fsp3) is 0.333. The molecule has 0 radical (unpaired) electrons. The summed E-state index contributed by atoms with van der Waals surface area (Å²) in [6.07, 6.45) is 0.854. The van der Waals surface area contributed by atoms with Crippen LogP contribution in [0.15, 0.2) is 54.1 Å². The van der Waals surface area contributed by atoms with Gasteiger partial charge < -0.3 is 24.6 Å². The van der Waals surface area contributed by atoms with E-state index in [4.69, 9.17) is 4.74 Å². The molecule has 2 N–H and O–H groups in total. The van der Waals surface area contributed by atoms with Gasteiger partial charge in [-0.1, -0.05) is 37.3 Å². The Hall–Kier alpha value is -3.58. The minimum atomic E-state index is -0.698. The maximum atomic E-state index is 13.3. The predicted octanol–water partition coefficient (Wildman–Crippen LogP) is 4.25. The number of nitrogens with zero attached hydrogens (tertiary/aromatic N) is 2. The number of nitrogens with one attached hydrogen (secondary N) is 1. The van der Waals surface area contributed by atoms with Crippen molar-refractivity contribution in [1.82, 2.24) is 14.8 Å². The lowest BCUT2D eigenvalue weighted by Gasteiger charge is -2.27. The molecule has 1 amide bonds. The zero-order chi connectivity index (χ0) is 24.4. The van der Waals surface area contributed by atoms with Gasteiger partial charge in [0, 0.05) is 40.8 Å². The van der Waals surface area contributed by atoms with Crippen LogP contribution < -0.4 is 4.74 Å². The lowest BCUT2D eigenvalue weighted by atomic mass is 9.93. The van der Waals surface area contributed by atoms with Crippen molar-refractivity contribution in [2.24, 2.45) is 0 Å². The molecule has 2 aromatic carbocycles. The summed E-state index contributed by atoms with van der Waals surface area (Å²) in [6.45, 7) is 5.44. The summed E-state index contributed by atoms with van der Waals surface area (Å²) < 4.78 is 5.71. The molecule has 34 heavy (non-hydrogen) atoms. The molecule has 0 aliphatic carbocycles.